The van der Waals surface area contributed by atoms with Crippen LogP contribution < -0.4 is 25.4 Å². The molecule has 7 heteroatoms. The molecule has 7 nitrogen and oxygen atoms in total. The Morgan fingerprint density at radius 3 is 2.55 bits per heavy atom. The Labute approximate surface area is 129 Å². The van der Waals surface area contributed by atoms with E-state index in [1.165, 1.54) is 0 Å². The van der Waals surface area contributed by atoms with E-state index in [0.717, 1.165) is 0 Å². The molecule has 0 spiro atoms. The SMILES string of the molecule is C[C@H](Nc1ccc2c(c1)OCO2)C(=O)NC(=O)NC(C)(C)C. The van der Waals surface area contributed by atoms with Gasteiger partial charge in [-0.1, -0.05) is 0 Å². The van der Waals surface area contributed by atoms with E-state index in [1.54, 1.807) is 25.1 Å². The van der Waals surface area contributed by atoms with E-state index >= 15 is 0 Å². The third-order valence-corrected chi connectivity index (χ3v) is 2.87. The number of ether oxygens (including phenoxy) is 2. The lowest BCUT2D eigenvalue weighted by atomic mass is 10.1. The molecule has 22 heavy (non-hydrogen) atoms. The first kappa shape index (κ1) is 15.9. The molecular weight excluding hydrogens is 286 g/mol. The van der Waals surface area contributed by atoms with Crippen LogP contribution in [0.1, 0.15) is 27.7 Å². The molecule has 0 aliphatic carbocycles. The number of amides is 3. The van der Waals surface area contributed by atoms with Crippen LogP contribution in [0.3, 0.4) is 0 Å². The van der Waals surface area contributed by atoms with Crippen LogP contribution in [0.5, 0.6) is 11.5 Å². The van der Waals surface area contributed by atoms with Gasteiger partial charge in [0.05, 0.1) is 0 Å². The van der Waals surface area contributed by atoms with Crippen LogP contribution in [0, 0.1) is 0 Å². The average Bonchev–Trinajstić information content (AvgIpc) is 2.83. The molecule has 0 unspecified atom stereocenters. The molecule has 1 aliphatic heterocycles. The van der Waals surface area contributed by atoms with Crippen LogP contribution >= 0.6 is 0 Å². The number of hydrogen-bond acceptors (Lipinski definition) is 5. The third kappa shape index (κ3) is 4.28. The summed E-state index contributed by atoms with van der Waals surface area (Å²) in [5.74, 6) is 0.884. The van der Waals surface area contributed by atoms with Gasteiger partial charge in [0, 0.05) is 17.3 Å². The lowest BCUT2D eigenvalue weighted by Gasteiger charge is -2.21. The topological polar surface area (TPSA) is 88.7 Å². The summed E-state index contributed by atoms with van der Waals surface area (Å²) in [6, 6.07) is 4.21. The zero-order chi connectivity index (χ0) is 16.3. The van der Waals surface area contributed by atoms with Gasteiger partial charge in [0.1, 0.15) is 6.04 Å². The molecule has 120 valence electrons. The van der Waals surface area contributed by atoms with Gasteiger partial charge in [0.15, 0.2) is 11.5 Å². The van der Waals surface area contributed by atoms with E-state index in [1.807, 2.05) is 20.8 Å². The number of carbonyl (C=O) groups excluding carboxylic acids is 2. The van der Waals surface area contributed by atoms with Gasteiger partial charge in [-0.15, -0.1) is 0 Å². The number of fused-ring (bicyclic) bond motifs is 1. The van der Waals surface area contributed by atoms with Crippen molar-refractivity contribution in [2.45, 2.75) is 39.3 Å². The number of anilines is 1. The van der Waals surface area contributed by atoms with Crippen molar-refractivity contribution >= 4 is 17.6 Å². The highest BCUT2D eigenvalue weighted by atomic mass is 16.7. The lowest BCUT2D eigenvalue weighted by Crippen LogP contribution is -2.51. The van der Waals surface area contributed by atoms with Crippen molar-refractivity contribution in [1.82, 2.24) is 10.6 Å². The van der Waals surface area contributed by atoms with Crippen molar-refractivity contribution in [3.63, 3.8) is 0 Å². The maximum atomic E-state index is 12.0. The number of hydrogen-bond donors (Lipinski definition) is 3. The fourth-order valence-corrected chi connectivity index (χ4v) is 1.89. The molecule has 0 fully saturated rings. The molecule has 0 aromatic heterocycles. The highest BCUT2D eigenvalue weighted by molar-refractivity contribution is 5.98. The predicted molar refractivity (Wildman–Crippen MR) is 82.1 cm³/mol. The van der Waals surface area contributed by atoms with Gasteiger partial charge < -0.3 is 20.1 Å². The molecule has 1 aromatic carbocycles. The second-order valence-corrected chi connectivity index (χ2v) is 6.13. The van der Waals surface area contributed by atoms with Crippen LogP contribution in [-0.4, -0.2) is 30.3 Å². The molecule has 2 rings (SSSR count). The number of benzene rings is 1. The van der Waals surface area contributed by atoms with E-state index in [0.29, 0.717) is 17.2 Å². The number of rotatable bonds is 3. The quantitative estimate of drug-likeness (QED) is 0.793. The number of imide groups is 1. The standard InChI is InChI=1S/C15H21N3O4/c1-9(13(19)17-14(20)18-15(2,3)4)16-10-5-6-11-12(7-10)22-8-21-11/h5-7,9,16H,8H2,1-4H3,(H2,17,18,19,20)/t9-/m0/s1. The Bertz CT molecular complexity index is 581. The lowest BCUT2D eigenvalue weighted by molar-refractivity contribution is -0.120. The van der Waals surface area contributed by atoms with E-state index in [-0.39, 0.29) is 6.79 Å². The van der Waals surface area contributed by atoms with Gasteiger partial charge >= 0.3 is 6.03 Å². The molecule has 0 radical (unpaired) electrons. The summed E-state index contributed by atoms with van der Waals surface area (Å²) < 4.78 is 10.5. The smallest absolute Gasteiger partial charge is 0.321 e. The second-order valence-electron chi connectivity index (χ2n) is 6.13. The van der Waals surface area contributed by atoms with Gasteiger partial charge in [-0.25, -0.2) is 4.79 Å². The van der Waals surface area contributed by atoms with Crippen LogP contribution in [-0.2, 0) is 4.79 Å². The first-order chi connectivity index (χ1) is 10.2. The summed E-state index contributed by atoms with van der Waals surface area (Å²) in [4.78, 5) is 23.7. The predicted octanol–water partition coefficient (Wildman–Crippen LogP) is 1.84. The van der Waals surface area contributed by atoms with E-state index < -0.39 is 23.5 Å². The molecule has 0 saturated heterocycles. The summed E-state index contributed by atoms with van der Waals surface area (Å²) in [7, 11) is 0. The van der Waals surface area contributed by atoms with Crippen molar-refractivity contribution in [3.05, 3.63) is 18.2 Å². The molecule has 1 aliphatic rings. The summed E-state index contributed by atoms with van der Waals surface area (Å²) in [5.41, 5.74) is 0.307. The molecule has 0 bridgehead atoms. The van der Waals surface area contributed by atoms with Gasteiger partial charge in [-0.2, -0.15) is 0 Å². The fraction of sp³-hybridized carbons (Fsp3) is 0.467. The van der Waals surface area contributed by atoms with Crippen molar-refractivity contribution in [2.24, 2.45) is 0 Å². The highest BCUT2D eigenvalue weighted by Crippen LogP contribution is 2.34. The Balaban J connectivity index is 1.90. The van der Waals surface area contributed by atoms with Crippen molar-refractivity contribution in [3.8, 4) is 11.5 Å². The molecule has 1 aromatic rings. The molecule has 1 heterocycles. The summed E-state index contributed by atoms with van der Waals surface area (Å²) >= 11 is 0. The van der Waals surface area contributed by atoms with Gasteiger partial charge in [0.2, 0.25) is 12.7 Å². The van der Waals surface area contributed by atoms with Crippen molar-refractivity contribution in [2.75, 3.05) is 12.1 Å². The zero-order valence-corrected chi connectivity index (χ0v) is 13.1. The maximum absolute atomic E-state index is 12.0. The first-order valence-electron chi connectivity index (χ1n) is 7.04. The normalized spacial score (nSPS) is 14.2. The van der Waals surface area contributed by atoms with Crippen molar-refractivity contribution < 1.29 is 19.1 Å². The summed E-state index contributed by atoms with van der Waals surface area (Å²) in [6.07, 6.45) is 0. The number of urea groups is 1. The Kier molecular flexibility index (Phi) is 4.44. The molecule has 1 atom stereocenters. The zero-order valence-electron chi connectivity index (χ0n) is 13.1. The van der Waals surface area contributed by atoms with Crippen molar-refractivity contribution in [1.29, 1.82) is 0 Å². The fourth-order valence-electron chi connectivity index (χ4n) is 1.89. The summed E-state index contributed by atoms with van der Waals surface area (Å²) in [5, 5.41) is 7.98. The Hall–Kier alpha value is -2.44. The minimum atomic E-state index is -0.578. The molecule has 3 amide bonds. The van der Waals surface area contributed by atoms with E-state index in [2.05, 4.69) is 16.0 Å². The second kappa shape index (κ2) is 6.13. The molecular formula is C15H21N3O4. The minimum absolute atomic E-state index is 0.196. The monoisotopic (exact) mass is 307 g/mol. The number of nitrogens with one attached hydrogen (secondary N) is 3. The largest absolute Gasteiger partial charge is 0.454 e. The number of carbonyl (C=O) groups is 2. The Morgan fingerprint density at radius 2 is 1.86 bits per heavy atom. The van der Waals surface area contributed by atoms with Crippen LogP contribution in [0.2, 0.25) is 0 Å². The van der Waals surface area contributed by atoms with Crippen LogP contribution in [0.15, 0.2) is 18.2 Å². The van der Waals surface area contributed by atoms with Gasteiger partial charge in [-0.3, -0.25) is 10.1 Å². The summed E-state index contributed by atoms with van der Waals surface area (Å²) in [6.45, 7) is 7.38. The third-order valence-electron chi connectivity index (χ3n) is 2.87. The van der Waals surface area contributed by atoms with Gasteiger partial charge in [0.25, 0.3) is 0 Å². The Morgan fingerprint density at radius 1 is 1.18 bits per heavy atom. The van der Waals surface area contributed by atoms with E-state index in [4.69, 9.17) is 9.47 Å². The first-order valence-corrected chi connectivity index (χ1v) is 7.04. The minimum Gasteiger partial charge on any atom is -0.454 e. The van der Waals surface area contributed by atoms with Crippen LogP contribution in [0.4, 0.5) is 10.5 Å². The highest BCUT2D eigenvalue weighted by Gasteiger charge is 2.20. The average molecular weight is 307 g/mol. The van der Waals surface area contributed by atoms with Gasteiger partial charge in [-0.05, 0) is 39.8 Å². The maximum Gasteiger partial charge on any atom is 0.321 e. The van der Waals surface area contributed by atoms with Crippen LogP contribution in [0.25, 0.3) is 0 Å². The molecule has 3 N–H and O–H groups in total. The molecule has 0 saturated carbocycles. The van der Waals surface area contributed by atoms with E-state index in [9.17, 15) is 9.59 Å².